The van der Waals surface area contributed by atoms with Crippen molar-refractivity contribution in [3.8, 4) is 5.69 Å². The molecular weight excluding hydrogens is 402 g/mol. The van der Waals surface area contributed by atoms with Crippen molar-refractivity contribution >= 4 is 27.3 Å². The summed E-state index contributed by atoms with van der Waals surface area (Å²) in [5, 5.41) is 2.90. The van der Waals surface area contributed by atoms with Crippen LogP contribution in [0, 0.1) is 13.8 Å². The van der Waals surface area contributed by atoms with Gasteiger partial charge in [0.05, 0.1) is 10.4 Å². The van der Waals surface area contributed by atoms with E-state index in [2.05, 4.69) is 10.0 Å². The largest absolute Gasteiger partial charge is 0.322 e. The van der Waals surface area contributed by atoms with Crippen molar-refractivity contribution in [1.82, 2.24) is 0 Å². The molecule has 0 saturated carbocycles. The molecule has 0 aliphatic carbocycles. The van der Waals surface area contributed by atoms with E-state index in [1.54, 1.807) is 69.2 Å². The molecule has 1 heterocycles. The maximum atomic E-state index is 12.7. The van der Waals surface area contributed by atoms with Gasteiger partial charge < -0.3 is 5.32 Å². The Morgan fingerprint density at radius 1 is 1.00 bits per heavy atom. The maximum Gasteiger partial charge on any atom is 0.258 e. The van der Waals surface area contributed by atoms with E-state index in [1.165, 1.54) is 0 Å². The lowest BCUT2D eigenvalue weighted by Crippen LogP contribution is -2.33. The smallest absolute Gasteiger partial charge is 0.258 e. The Bertz CT molecular complexity index is 1180. The molecule has 7 nitrogen and oxygen atoms in total. The molecule has 2 aromatic carbocycles. The second-order valence-electron chi connectivity index (χ2n) is 8.11. The molecule has 0 fully saturated rings. The van der Waals surface area contributed by atoms with Gasteiger partial charge in [0.25, 0.3) is 11.6 Å². The Labute approximate surface area is 176 Å². The predicted molar refractivity (Wildman–Crippen MR) is 116 cm³/mol. The third-order valence-electron chi connectivity index (χ3n) is 4.73. The summed E-state index contributed by atoms with van der Waals surface area (Å²) in [7, 11) is -3.54. The van der Waals surface area contributed by atoms with Crippen molar-refractivity contribution in [3.05, 3.63) is 71.6 Å². The first-order chi connectivity index (χ1) is 14.0. The van der Waals surface area contributed by atoms with E-state index in [9.17, 15) is 13.2 Å². The second-order valence-corrected chi connectivity index (χ2v) is 10.5. The highest BCUT2D eigenvalue weighted by atomic mass is 32.2. The number of aromatic nitrogens is 1. The first kappa shape index (κ1) is 21.6. The van der Waals surface area contributed by atoms with Gasteiger partial charge in [-0.1, -0.05) is 0 Å². The van der Waals surface area contributed by atoms with Gasteiger partial charge in [-0.15, -0.1) is 0 Å². The average molecular weight is 429 g/mol. The highest BCUT2D eigenvalue weighted by Crippen LogP contribution is 2.24. The molecule has 0 unspecified atom stereocenters. The number of hydrogen-bond donors (Lipinski definition) is 2. The molecule has 0 spiro atoms. The van der Waals surface area contributed by atoms with Crippen LogP contribution in [0.15, 0.2) is 59.4 Å². The van der Waals surface area contributed by atoms with Crippen LogP contribution in [-0.4, -0.2) is 19.1 Å². The zero-order valence-electron chi connectivity index (χ0n) is 17.7. The minimum Gasteiger partial charge on any atom is -0.322 e. The number of amides is 1. The number of rotatable bonds is 5. The lowest BCUT2D eigenvalue weighted by Gasteiger charge is -2.21. The summed E-state index contributed by atoms with van der Waals surface area (Å²) in [6.45, 7) is 8.55. The minimum atomic E-state index is -3.54. The lowest BCUT2D eigenvalue weighted by molar-refractivity contribution is -0.784. The number of aryl methyl sites for hydroxylation is 2. The SMILES string of the molecule is Cc1cc(-[n+]2ccco2)ccc1NC(=O)c1ccc(NS(=O)(=O)C(C)(C)C)c(C)c1. The van der Waals surface area contributed by atoms with E-state index in [0.717, 1.165) is 11.3 Å². The van der Waals surface area contributed by atoms with Crippen LogP contribution < -0.4 is 14.8 Å². The van der Waals surface area contributed by atoms with Gasteiger partial charge in [-0.05, 0) is 70.0 Å². The normalized spacial score (nSPS) is 11.9. The van der Waals surface area contributed by atoms with Gasteiger partial charge in [-0.3, -0.25) is 9.52 Å². The highest BCUT2D eigenvalue weighted by molar-refractivity contribution is 7.94. The van der Waals surface area contributed by atoms with E-state index in [-0.39, 0.29) is 5.91 Å². The van der Waals surface area contributed by atoms with E-state index < -0.39 is 14.8 Å². The third kappa shape index (κ3) is 4.54. The van der Waals surface area contributed by atoms with Gasteiger partial charge >= 0.3 is 0 Å². The molecule has 3 aromatic rings. The predicted octanol–water partition coefficient (Wildman–Crippen LogP) is 3.97. The van der Waals surface area contributed by atoms with Gasteiger partial charge in [0.1, 0.15) is 0 Å². The van der Waals surface area contributed by atoms with Crippen LogP contribution in [-0.2, 0) is 10.0 Å². The Hall–Kier alpha value is -3.13. The molecule has 1 aromatic heterocycles. The lowest BCUT2D eigenvalue weighted by atomic mass is 10.1. The summed E-state index contributed by atoms with van der Waals surface area (Å²) >= 11 is 0. The van der Waals surface area contributed by atoms with Crippen LogP contribution in [0.2, 0.25) is 0 Å². The van der Waals surface area contributed by atoms with E-state index >= 15 is 0 Å². The molecular formula is C22H26N3O4S+. The van der Waals surface area contributed by atoms with E-state index in [4.69, 9.17) is 4.52 Å². The molecule has 1 amide bonds. The molecule has 0 saturated heterocycles. The zero-order valence-corrected chi connectivity index (χ0v) is 18.5. The van der Waals surface area contributed by atoms with Crippen molar-refractivity contribution in [2.75, 3.05) is 10.0 Å². The van der Waals surface area contributed by atoms with Crippen LogP contribution in [0.3, 0.4) is 0 Å². The van der Waals surface area contributed by atoms with Gasteiger partial charge in [0.15, 0.2) is 6.26 Å². The van der Waals surface area contributed by atoms with Gasteiger partial charge in [0, 0.05) is 34.2 Å². The first-order valence-corrected chi connectivity index (χ1v) is 11.0. The molecule has 30 heavy (non-hydrogen) atoms. The van der Waals surface area contributed by atoms with E-state index in [1.807, 2.05) is 25.1 Å². The Morgan fingerprint density at radius 2 is 1.67 bits per heavy atom. The molecule has 0 bridgehead atoms. The molecule has 2 N–H and O–H groups in total. The second kappa shape index (κ2) is 7.95. The summed E-state index contributed by atoms with van der Waals surface area (Å²) in [4.78, 5) is 12.7. The molecule has 158 valence electrons. The van der Waals surface area contributed by atoms with Crippen LogP contribution in [0.25, 0.3) is 5.69 Å². The summed E-state index contributed by atoms with van der Waals surface area (Å²) in [5.74, 6) is -0.273. The van der Waals surface area contributed by atoms with Crippen molar-refractivity contribution in [2.45, 2.75) is 39.4 Å². The van der Waals surface area contributed by atoms with Crippen molar-refractivity contribution in [2.24, 2.45) is 0 Å². The Kier molecular flexibility index (Phi) is 5.72. The number of benzene rings is 2. The molecule has 8 heteroatoms. The number of nitrogens with one attached hydrogen (secondary N) is 2. The minimum absolute atomic E-state index is 0.273. The van der Waals surface area contributed by atoms with Crippen LogP contribution in [0.1, 0.15) is 42.3 Å². The highest BCUT2D eigenvalue weighted by Gasteiger charge is 2.29. The number of sulfonamides is 1. The molecule has 0 aliphatic rings. The fourth-order valence-corrected chi connectivity index (χ4v) is 3.56. The molecule has 0 radical (unpaired) electrons. The Balaban J connectivity index is 1.77. The van der Waals surface area contributed by atoms with Gasteiger partial charge in [0.2, 0.25) is 16.2 Å². The quantitative estimate of drug-likeness (QED) is 0.602. The zero-order chi connectivity index (χ0) is 22.1. The summed E-state index contributed by atoms with van der Waals surface area (Å²) in [6, 6.07) is 12.2. The average Bonchev–Trinajstić information content (AvgIpc) is 3.18. The van der Waals surface area contributed by atoms with Crippen LogP contribution >= 0.6 is 0 Å². The number of nitrogens with zero attached hydrogens (tertiary/aromatic N) is 1. The van der Waals surface area contributed by atoms with Crippen LogP contribution in [0.5, 0.6) is 0 Å². The fraction of sp³-hybridized carbons (Fsp3) is 0.273. The number of hydrogen-bond acceptors (Lipinski definition) is 4. The first-order valence-electron chi connectivity index (χ1n) is 9.49. The summed E-state index contributed by atoms with van der Waals surface area (Å²) in [5.41, 5.74) is 3.98. The topological polar surface area (TPSA) is 92.3 Å². The molecule has 0 aliphatic heterocycles. The fourth-order valence-electron chi connectivity index (χ4n) is 2.73. The number of carbonyl (C=O) groups is 1. The third-order valence-corrected chi connectivity index (χ3v) is 6.83. The summed E-state index contributed by atoms with van der Waals surface area (Å²) in [6.07, 6.45) is 3.38. The molecule has 3 rings (SSSR count). The Morgan fingerprint density at radius 3 is 2.23 bits per heavy atom. The molecule has 0 atom stereocenters. The summed E-state index contributed by atoms with van der Waals surface area (Å²) < 4.78 is 33.4. The van der Waals surface area contributed by atoms with Gasteiger partial charge in [-0.2, -0.15) is 0 Å². The van der Waals surface area contributed by atoms with Crippen molar-refractivity contribution in [3.63, 3.8) is 0 Å². The van der Waals surface area contributed by atoms with Crippen molar-refractivity contribution in [1.29, 1.82) is 0 Å². The van der Waals surface area contributed by atoms with E-state index in [0.29, 0.717) is 22.5 Å². The van der Waals surface area contributed by atoms with Crippen molar-refractivity contribution < 1.29 is 22.5 Å². The standard InChI is InChI=1S/C22H25N3O4S/c1-15-13-17(7-9-20(15)24-30(27,28)22(3,4)5)21(26)23-19-10-8-18(14-16(19)2)25-11-6-12-29-25/h6-14H,1-5H3,(H-,23,24,26)/p+1. The number of carbonyl (C=O) groups excluding carboxylic acids is 1. The van der Waals surface area contributed by atoms with Crippen LogP contribution in [0.4, 0.5) is 11.4 Å². The maximum absolute atomic E-state index is 12.7. The monoisotopic (exact) mass is 428 g/mol. The number of anilines is 2. The van der Waals surface area contributed by atoms with Gasteiger partial charge in [-0.25, -0.2) is 12.9 Å².